The summed E-state index contributed by atoms with van der Waals surface area (Å²) in [6.07, 6.45) is 0. The van der Waals surface area contributed by atoms with Gasteiger partial charge in [-0.3, -0.25) is 4.79 Å². The van der Waals surface area contributed by atoms with Gasteiger partial charge in [0.15, 0.2) is 0 Å². The number of nitriles is 1. The predicted molar refractivity (Wildman–Crippen MR) is 100 cm³/mol. The van der Waals surface area contributed by atoms with E-state index >= 15 is 0 Å². The molecule has 0 bridgehead atoms. The molecule has 2 rings (SSSR count). The first kappa shape index (κ1) is 19.1. The van der Waals surface area contributed by atoms with Gasteiger partial charge in [-0.05, 0) is 30.3 Å². The number of benzene rings is 2. The molecule has 0 aliphatic heterocycles. The lowest BCUT2D eigenvalue weighted by Crippen LogP contribution is -2.20. The molecule has 8 heteroatoms. The molecule has 0 atom stereocenters. The highest BCUT2D eigenvalue weighted by atomic mass is 35.5. The summed E-state index contributed by atoms with van der Waals surface area (Å²) in [5.41, 5.74) is 1.29. The van der Waals surface area contributed by atoms with E-state index in [0.29, 0.717) is 11.3 Å². The second kappa shape index (κ2) is 8.23. The van der Waals surface area contributed by atoms with Crippen molar-refractivity contribution < 1.29 is 14.7 Å². The van der Waals surface area contributed by atoms with Gasteiger partial charge >= 0.3 is 6.03 Å². The number of halogens is 1. The van der Waals surface area contributed by atoms with Crippen LogP contribution in [0.25, 0.3) is 0 Å². The normalized spacial score (nSPS) is 10.1. The third kappa shape index (κ3) is 4.88. The molecule has 0 saturated heterocycles. The Bertz CT molecular complexity index is 873. The lowest BCUT2D eigenvalue weighted by atomic mass is 10.2. The van der Waals surface area contributed by atoms with Gasteiger partial charge in [-0.1, -0.05) is 25.4 Å². The average Bonchev–Trinajstić information content (AvgIpc) is 2.59. The highest BCUT2D eigenvalue weighted by molar-refractivity contribution is 6.34. The van der Waals surface area contributed by atoms with Crippen molar-refractivity contribution in [3.8, 4) is 11.8 Å². The van der Waals surface area contributed by atoms with Crippen molar-refractivity contribution >= 4 is 40.6 Å². The first-order chi connectivity index (χ1) is 12.3. The summed E-state index contributed by atoms with van der Waals surface area (Å²) in [5.74, 6) is -0.738. The molecule has 4 N–H and O–H groups in total. The molecule has 2 aromatic carbocycles. The van der Waals surface area contributed by atoms with Crippen molar-refractivity contribution in [3.63, 3.8) is 0 Å². The van der Waals surface area contributed by atoms with E-state index < -0.39 is 6.03 Å². The summed E-state index contributed by atoms with van der Waals surface area (Å²) in [4.78, 5) is 23.8. The highest BCUT2D eigenvalue weighted by Crippen LogP contribution is 2.34. The Hall–Kier alpha value is -3.24. The number of aromatic hydroxyl groups is 1. The number of phenols is 1. The maximum Gasteiger partial charge on any atom is 0.323 e. The molecule has 0 aliphatic rings. The number of anilines is 3. The van der Waals surface area contributed by atoms with Crippen LogP contribution in [0.2, 0.25) is 5.02 Å². The molecule has 0 fully saturated rings. The van der Waals surface area contributed by atoms with Crippen molar-refractivity contribution in [3.05, 3.63) is 47.0 Å². The first-order valence-electron chi connectivity index (χ1n) is 7.71. The molecular formula is C18H17ClN4O3. The van der Waals surface area contributed by atoms with Crippen LogP contribution in [0.15, 0.2) is 36.4 Å². The summed E-state index contributed by atoms with van der Waals surface area (Å²) < 4.78 is 0. The third-order valence-electron chi connectivity index (χ3n) is 3.39. The zero-order chi connectivity index (χ0) is 19.3. The average molecular weight is 373 g/mol. The molecule has 26 heavy (non-hydrogen) atoms. The minimum atomic E-state index is -0.597. The van der Waals surface area contributed by atoms with Gasteiger partial charge in [0, 0.05) is 17.7 Å². The fraction of sp³-hybridized carbons (Fsp3) is 0.167. The molecule has 0 aromatic heterocycles. The van der Waals surface area contributed by atoms with Gasteiger partial charge in [0.25, 0.3) is 0 Å². The van der Waals surface area contributed by atoms with Crippen LogP contribution in [0, 0.1) is 17.2 Å². The van der Waals surface area contributed by atoms with Gasteiger partial charge in [-0.25, -0.2) is 4.79 Å². The van der Waals surface area contributed by atoms with E-state index in [4.69, 9.17) is 16.9 Å². The summed E-state index contributed by atoms with van der Waals surface area (Å²) in [6.45, 7) is 3.46. The second-order valence-corrected chi connectivity index (χ2v) is 6.17. The van der Waals surface area contributed by atoms with E-state index in [1.165, 1.54) is 12.1 Å². The number of carbonyl (C=O) groups is 2. The Labute approximate surface area is 155 Å². The van der Waals surface area contributed by atoms with Crippen molar-refractivity contribution in [2.75, 3.05) is 16.0 Å². The molecule has 2 aromatic rings. The summed E-state index contributed by atoms with van der Waals surface area (Å²) in [6, 6.07) is 10.3. The van der Waals surface area contributed by atoms with Crippen molar-refractivity contribution in [1.82, 2.24) is 0 Å². The Morgan fingerprint density at radius 3 is 2.31 bits per heavy atom. The second-order valence-electron chi connectivity index (χ2n) is 5.76. The summed E-state index contributed by atoms with van der Waals surface area (Å²) in [5, 5.41) is 26.6. The molecule has 0 spiro atoms. The number of nitrogens with one attached hydrogen (secondary N) is 3. The highest BCUT2D eigenvalue weighted by Gasteiger charge is 2.14. The van der Waals surface area contributed by atoms with Crippen LogP contribution in [0.3, 0.4) is 0 Å². The maximum atomic E-state index is 12.0. The minimum absolute atomic E-state index is 0.0868. The van der Waals surface area contributed by atoms with E-state index in [9.17, 15) is 14.7 Å². The number of nitrogens with zero attached hydrogens (tertiary/aromatic N) is 1. The smallest absolute Gasteiger partial charge is 0.323 e. The van der Waals surface area contributed by atoms with Crippen molar-refractivity contribution in [1.29, 1.82) is 5.26 Å². The van der Waals surface area contributed by atoms with E-state index in [-0.39, 0.29) is 34.0 Å². The molecule has 0 radical (unpaired) electrons. The number of amides is 3. The molecule has 0 saturated carbocycles. The van der Waals surface area contributed by atoms with Crippen LogP contribution in [0.5, 0.6) is 5.75 Å². The van der Waals surface area contributed by atoms with E-state index in [1.807, 2.05) is 6.07 Å². The fourth-order valence-corrected chi connectivity index (χ4v) is 2.16. The zero-order valence-corrected chi connectivity index (χ0v) is 14.9. The number of hydrogen-bond acceptors (Lipinski definition) is 4. The Morgan fingerprint density at radius 2 is 1.73 bits per heavy atom. The minimum Gasteiger partial charge on any atom is -0.506 e. The lowest BCUT2D eigenvalue weighted by molar-refractivity contribution is -0.118. The van der Waals surface area contributed by atoms with Crippen LogP contribution < -0.4 is 16.0 Å². The molecule has 0 aliphatic carbocycles. The number of urea groups is 1. The van der Waals surface area contributed by atoms with Gasteiger partial charge < -0.3 is 21.1 Å². The van der Waals surface area contributed by atoms with Crippen LogP contribution >= 0.6 is 11.6 Å². The Balaban J connectivity index is 2.08. The van der Waals surface area contributed by atoms with Gasteiger partial charge in [-0.15, -0.1) is 0 Å². The molecule has 134 valence electrons. The van der Waals surface area contributed by atoms with Gasteiger partial charge in [0.2, 0.25) is 5.91 Å². The molecule has 0 unspecified atom stereocenters. The first-order valence-corrected chi connectivity index (χ1v) is 8.09. The number of rotatable bonds is 4. The standard InChI is InChI=1S/C18H17ClN4O3/c1-10(2)17(25)22-14-8-16(24)15(7-13(14)19)23-18(26)21-12-5-3-11(9-20)4-6-12/h3-8,10,24H,1-2H3,(H,22,25)(H2,21,23,26). The third-order valence-corrected chi connectivity index (χ3v) is 3.70. The molecule has 0 heterocycles. The van der Waals surface area contributed by atoms with E-state index in [0.717, 1.165) is 0 Å². The fourth-order valence-electron chi connectivity index (χ4n) is 1.95. The number of hydrogen-bond donors (Lipinski definition) is 4. The maximum absolute atomic E-state index is 12.0. The predicted octanol–water partition coefficient (Wildman–Crippen LogP) is 4.16. The Morgan fingerprint density at radius 1 is 1.08 bits per heavy atom. The van der Waals surface area contributed by atoms with Crippen LogP contribution in [0.1, 0.15) is 19.4 Å². The summed E-state index contributed by atoms with van der Waals surface area (Å²) in [7, 11) is 0. The number of carbonyl (C=O) groups excluding carboxylic acids is 2. The monoisotopic (exact) mass is 372 g/mol. The largest absolute Gasteiger partial charge is 0.506 e. The van der Waals surface area contributed by atoms with Gasteiger partial charge in [0.1, 0.15) is 5.75 Å². The molecule has 7 nitrogen and oxygen atoms in total. The number of phenolic OH excluding ortho intramolecular Hbond substituents is 1. The van der Waals surface area contributed by atoms with Crippen LogP contribution in [-0.4, -0.2) is 17.0 Å². The van der Waals surface area contributed by atoms with Gasteiger partial charge in [-0.2, -0.15) is 5.26 Å². The lowest BCUT2D eigenvalue weighted by Gasteiger charge is -2.13. The molecule has 3 amide bonds. The Kier molecular flexibility index (Phi) is 6.04. The topological polar surface area (TPSA) is 114 Å². The van der Waals surface area contributed by atoms with Crippen molar-refractivity contribution in [2.45, 2.75) is 13.8 Å². The van der Waals surface area contributed by atoms with Gasteiger partial charge in [0.05, 0.1) is 28.0 Å². The van der Waals surface area contributed by atoms with Crippen LogP contribution in [0.4, 0.5) is 21.9 Å². The van der Waals surface area contributed by atoms with E-state index in [2.05, 4.69) is 16.0 Å². The quantitative estimate of drug-likeness (QED) is 0.603. The SMILES string of the molecule is CC(C)C(=O)Nc1cc(O)c(NC(=O)Nc2ccc(C#N)cc2)cc1Cl. The molecular weight excluding hydrogens is 356 g/mol. The zero-order valence-electron chi connectivity index (χ0n) is 14.1. The van der Waals surface area contributed by atoms with E-state index in [1.54, 1.807) is 38.1 Å². The van der Waals surface area contributed by atoms with Crippen LogP contribution in [-0.2, 0) is 4.79 Å². The summed E-state index contributed by atoms with van der Waals surface area (Å²) >= 11 is 6.10. The van der Waals surface area contributed by atoms with Crippen molar-refractivity contribution in [2.24, 2.45) is 5.92 Å².